The van der Waals surface area contributed by atoms with Crippen molar-refractivity contribution < 1.29 is 24.5 Å². The lowest BCUT2D eigenvalue weighted by Gasteiger charge is -2.07. The molecule has 0 rings (SSSR count). The first-order valence-electron chi connectivity index (χ1n) is 10.1. The molecule has 0 aromatic rings. The molecule has 0 bridgehead atoms. The molecule has 148 valence electrons. The Morgan fingerprint density at radius 2 is 1.16 bits per heavy atom. The summed E-state index contributed by atoms with van der Waals surface area (Å²) in [6.45, 7) is 2.56. The minimum Gasteiger partial charge on any atom is -0.479 e. The lowest BCUT2D eigenvalue weighted by Crippen LogP contribution is -2.24. The summed E-state index contributed by atoms with van der Waals surface area (Å²) in [5, 5.41) is 17.5. The summed E-state index contributed by atoms with van der Waals surface area (Å²) in [7, 11) is 0. The zero-order valence-electron chi connectivity index (χ0n) is 16.0. The molecule has 0 aromatic carbocycles. The summed E-state index contributed by atoms with van der Waals surface area (Å²) in [6.07, 6.45) is 15.6. The van der Waals surface area contributed by atoms with E-state index >= 15 is 0 Å². The van der Waals surface area contributed by atoms with Crippen molar-refractivity contribution in [3.05, 3.63) is 0 Å². The Morgan fingerprint density at radius 3 is 1.56 bits per heavy atom. The number of hydrogen-bond donors (Lipinski definition) is 2. The van der Waals surface area contributed by atoms with Gasteiger partial charge in [0.25, 0.3) is 0 Å². The Labute approximate surface area is 153 Å². The van der Waals surface area contributed by atoms with Crippen molar-refractivity contribution in [1.82, 2.24) is 0 Å². The molecule has 0 aliphatic rings. The van der Waals surface area contributed by atoms with Gasteiger partial charge in [-0.05, 0) is 6.42 Å². The van der Waals surface area contributed by atoms with Gasteiger partial charge in [-0.15, -0.1) is 0 Å². The van der Waals surface area contributed by atoms with E-state index in [-0.39, 0.29) is 0 Å². The van der Waals surface area contributed by atoms with Crippen molar-refractivity contribution in [3.8, 4) is 0 Å². The normalized spacial score (nSPS) is 12.1. The Balaban J connectivity index is 3.19. The highest BCUT2D eigenvalue weighted by molar-refractivity contribution is 5.80. The van der Waals surface area contributed by atoms with Crippen LogP contribution in [0.2, 0.25) is 0 Å². The van der Waals surface area contributed by atoms with Gasteiger partial charge in [0.1, 0.15) is 0 Å². The summed E-state index contributed by atoms with van der Waals surface area (Å²) < 4.78 is 4.91. The van der Waals surface area contributed by atoms with Crippen LogP contribution in [0.4, 0.5) is 0 Å². The molecule has 0 fully saturated rings. The van der Waals surface area contributed by atoms with Crippen LogP contribution in [-0.2, 0) is 14.3 Å². The largest absolute Gasteiger partial charge is 0.479 e. The fourth-order valence-corrected chi connectivity index (χ4v) is 2.79. The summed E-state index contributed by atoms with van der Waals surface area (Å²) in [5.41, 5.74) is 0. The predicted octanol–water partition coefficient (Wildman–Crippen LogP) is 4.85. The van der Waals surface area contributed by atoms with Crippen LogP contribution < -0.4 is 0 Å². The van der Waals surface area contributed by atoms with Gasteiger partial charge in [0.2, 0.25) is 0 Å². The number of carbonyl (C=O) groups is 2. The van der Waals surface area contributed by atoms with Crippen LogP contribution in [0.1, 0.15) is 103 Å². The number of aliphatic carboxylic acids is 1. The van der Waals surface area contributed by atoms with Crippen LogP contribution in [0.5, 0.6) is 0 Å². The van der Waals surface area contributed by atoms with Crippen molar-refractivity contribution >= 4 is 11.9 Å². The number of carboxylic acid groups (broad SMARTS) is 1. The summed E-state index contributed by atoms with van der Waals surface area (Å²) >= 11 is 0. The highest BCUT2D eigenvalue weighted by Crippen LogP contribution is 2.13. The standard InChI is InChI=1S/C20H38O5/c1-2-3-4-5-6-7-8-9-10-11-12-13-14-15-16-25-19(22)17-18(21)20(23)24/h18,21H,2-17H2,1H3,(H,23,24). The van der Waals surface area contributed by atoms with Gasteiger partial charge in [-0.1, -0.05) is 90.4 Å². The van der Waals surface area contributed by atoms with E-state index in [1.807, 2.05) is 0 Å². The van der Waals surface area contributed by atoms with Gasteiger partial charge in [-0.25, -0.2) is 4.79 Å². The minimum atomic E-state index is -1.66. The van der Waals surface area contributed by atoms with Crippen molar-refractivity contribution in [2.24, 2.45) is 0 Å². The summed E-state index contributed by atoms with van der Waals surface area (Å²) in [5.74, 6) is -2.04. The van der Waals surface area contributed by atoms with E-state index in [1.54, 1.807) is 0 Å². The zero-order valence-corrected chi connectivity index (χ0v) is 16.0. The molecule has 0 aliphatic heterocycles. The van der Waals surface area contributed by atoms with Crippen LogP contribution in [0.25, 0.3) is 0 Å². The number of carboxylic acids is 1. The van der Waals surface area contributed by atoms with E-state index in [2.05, 4.69) is 6.92 Å². The van der Waals surface area contributed by atoms with Crippen molar-refractivity contribution in [3.63, 3.8) is 0 Å². The molecule has 2 N–H and O–H groups in total. The van der Waals surface area contributed by atoms with Gasteiger partial charge in [-0.2, -0.15) is 0 Å². The first-order chi connectivity index (χ1) is 12.1. The molecule has 0 saturated heterocycles. The maximum atomic E-state index is 11.2. The Hall–Kier alpha value is -1.10. The Morgan fingerprint density at radius 1 is 0.760 bits per heavy atom. The molecule has 0 spiro atoms. The van der Waals surface area contributed by atoms with Gasteiger partial charge < -0.3 is 14.9 Å². The third-order valence-corrected chi connectivity index (χ3v) is 4.41. The number of aliphatic hydroxyl groups excluding tert-OH is 1. The van der Waals surface area contributed by atoms with Crippen LogP contribution >= 0.6 is 0 Å². The number of unbranched alkanes of at least 4 members (excludes halogenated alkanes) is 13. The highest BCUT2D eigenvalue weighted by Gasteiger charge is 2.18. The topological polar surface area (TPSA) is 83.8 Å². The average molecular weight is 359 g/mol. The Kier molecular flexibility index (Phi) is 16.9. The second-order valence-corrected chi connectivity index (χ2v) is 6.87. The monoisotopic (exact) mass is 358 g/mol. The number of hydrogen-bond acceptors (Lipinski definition) is 4. The van der Waals surface area contributed by atoms with Crippen LogP contribution in [0, 0.1) is 0 Å². The molecule has 0 aliphatic carbocycles. The summed E-state index contributed by atoms with van der Waals surface area (Å²) in [4.78, 5) is 21.6. The van der Waals surface area contributed by atoms with E-state index in [9.17, 15) is 9.59 Å². The number of carbonyl (C=O) groups excluding carboxylic acids is 1. The maximum absolute atomic E-state index is 11.2. The number of rotatable bonds is 18. The first kappa shape index (κ1) is 23.9. The molecular formula is C20H38O5. The second kappa shape index (κ2) is 17.7. The molecule has 0 saturated carbocycles. The van der Waals surface area contributed by atoms with Gasteiger partial charge in [0, 0.05) is 0 Å². The lowest BCUT2D eigenvalue weighted by molar-refractivity contribution is -0.155. The molecular weight excluding hydrogens is 320 g/mol. The van der Waals surface area contributed by atoms with Gasteiger partial charge >= 0.3 is 11.9 Å². The van der Waals surface area contributed by atoms with E-state index in [0.29, 0.717) is 6.61 Å². The number of esters is 1. The van der Waals surface area contributed by atoms with E-state index in [4.69, 9.17) is 14.9 Å². The fraction of sp³-hybridized carbons (Fsp3) is 0.900. The van der Waals surface area contributed by atoms with Gasteiger partial charge in [-0.3, -0.25) is 4.79 Å². The molecule has 0 radical (unpaired) electrons. The van der Waals surface area contributed by atoms with Gasteiger partial charge in [0.05, 0.1) is 13.0 Å². The van der Waals surface area contributed by atoms with Crippen molar-refractivity contribution in [2.45, 2.75) is 109 Å². The van der Waals surface area contributed by atoms with E-state index < -0.39 is 24.5 Å². The molecule has 1 atom stereocenters. The quantitative estimate of drug-likeness (QED) is 0.270. The fourth-order valence-electron chi connectivity index (χ4n) is 2.79. The molecule has 5 nitrogen and oxygen atoms in total. The first-order valence-corrected chi connectivity index (χ1v) is 10.1. The summed E-state index contributed by atoms with van der Waals surface area (Å²) in [6, 6.07) is 0. The average Bonchev–Trinajstić information content (AvgIpc) is 2.58. The van der Waals surface area contributed by atoms with Crippen LogP contribution in [-0.4, -0.2) is 34.9 Å². The SMILES string of the molecule is CCCCCCCCCCCCCCCCOC(=O)CC(O)C(=O)O. The molecule has 0 heterocycles. The third-order valence-electron chi connectivity index (χ3n) is 4.41. The predicted molar refractivity (Wildman–Crippen MR) is 99.5 cm³/mol. The van der Waals surface area contributed by atoms with Crippen molar-refractivity contribution in [1.29, 1.82) is 0 Å². The zero-order chi connectivity index (χ0) is 18.8. The molecule has 0 aromatic heterocycles. The third kappa shape index (κ3) is 17.5. The van der Waals surface area contributed by atoms with E-state index in [1.165, 1.54) is 70.6 Å². The minimum absolute atomic E-state index is 0.309. The van der Waals surface area contributed by atoms with Crippen molar-refractivity contribution in [2.75, 3.05) is 6.61 Å². The molecule has 1 unspecified atom stereocenters. The molecule has 25 heavy (non-hydrogen) atoms. The molecule has 5 heteroatoms. The van der Waals surface area contributed by atoms with Crippen LogP contribution in [0.15, 0.2) is 0 Å². The number of ether oxygens (including phenoxy) is 1. The smallest absolute Gasteiger partial charge is 0.333 e. The van der Waals surface area contributed by atoms with Gasteiger partial charge in [0.15, 0.2) is 6.10 Å². The lowest BCUT2D eigenvalue weighted by atomic mass is 10.0. The second-order valence-electron chi connectivity index (χ2n) is 6.87. The van der Waals surface area contributed by atoms with E-state index in [0.717, 1.165) is 19.3 Å². The Bertz CT molecular complexity index is 330. The maximum Gasteiger partial charge on any atom is 0.333 e. The number of aliphatic hydroxyl groups is 1. The highest BCUT2D eigenvalue weighted by atomic mass is 16.5. The molecule has 0 amide bonds. The van der Waals surface area contributed by atoms with Crippen LogP contribution in [0.3, 0.4) is 0 Å².